The Bertz CT molecular complexity index is 686. The van der Waals surface area contributed by atoms with Crippen molar-refractivity contribution in [1.82, 2.24) is 4.90 Å². The van der Waals surface area contributed by atoms with Crippen LogP contribution in [0.5, 0.6) is 11.5 Å². The Labute approximate surface area is 142 Å². The molecule has 1 aliphatic carbocycles. The van der Waals surface area contributed by atoms with Crippen LogP contribution >= 0.6 is 0 Å². The third kappa shape index (κ3) is 2.11. The van der Waals surface area contributed by atoms with Crippen LogP contribution in [0.25, 0.3) is 0 Å². The molecule has 3 atom stereocenters. The number of phenolic OH excluding ortho intramolecular Hbond substituents is 1. The molecule has 1 saturated heterocycles. The highest BCUT2D eigenvalue weighted by Gasteiger charge is 2.52. The number of nitrogens with zero attached hydrogens (tertiary/aromatic N) is 1. The summed E-state index contributed by atoms with van der Waals surface area (Å²) in [4.78, 5) is 2.53. The topological polar surface area (TPSA) is 62.2 Å². The van der Waals surface area contributed by atoms with Crippen molar-refractivity contribution in [3.8, 4) is 11.5 Å². The van der Waals surface area contributed by atoms with Gasteiger partial charge in [0.05, 0.1) is 24.9 Å². The first kappa shape index (κ1) is 15.9. The average Bonchev–Trinajstić information content (AvgIpc) is 2.85. The van der Waals surface area contributed by atoms with Gasteiger partial charge in [-0.25, -0.2) is 0 Å². The Balaban J connectivity index is 1.94. The van der Waals surface area contributed by atoms with Crippen LogP contribution in [0.2, 0.25) is 0 Å². The molecule has 130 valence electrons. The highest BCUT2D eigenvalue weighted by Crippen LogP contribution is 2.53. The van der Waals surface area contributed by atoms with Crippen molar-refractivity contribution in [3.63, 3.8) is 0 Å². The molecule has 0 radical (unpaired) electrons. The molecule has 1 aromatic rings. The molecule has 0 saturated carbocycles. The molecule has 0 bridgehead atoms. The number of aliphatic hydroxyl groups excluding tert-OH is 1. The minimum absolute atomic E-state index is 0.198. The fraction of sp³-hybridized carbons (Fsp3) is 0.579. The van der Waals surface area contributed by atoms with Gasteiger partial charge in [-0.05, 0) is 54.6 Å². The molecule has 2 N–H and O–H groups in total. The zero-order chi connectivity index (χ0) is 16.9. The van der Waals surface area contributed by atoms with Gasteiger partial charge in [0.25, 0.3) is 0 Å². The van der Waals surface area contributed by atoms with Crippen LogP contribution in [-0.2, 0) is 16.7 Å². The van der Waals surface area contributed by atoms with Crippen molar-refractivity contribution in [3.05, 3.63) is 34.9 Å². The summed E-state index contributed by atoms with van der Waals surface area (Å²) < 4.78 is 11.0. The number of aromatic hydroxyl groups is 1. The van der Waals surface area contributed by atoms with E-state index in [9.17, 15) is 10.2 Å². The van der Waals surface area contributed by atoms with Crippen LogP contribution in [0.3, 0.4) is 0 Å². The molecule has 2 aliphatic heterocycles. The molecule has 1 fully saturated rings. The summed E-state index contributed by atoms with van der Waals surface area (Å²) in [7, 11) is 3.25. The van der Waals surface area contributed by atoms with Crippen molar-refractivity contribution in [1.29, 1.82) is 0 Å². The molecule has 5 nitrogen and oxygen atoms in total. The maximum Gasteiger partial charge on any atom is 0.160 e. The van der Waals surface area contributed by atoms with Gasteiger partial charge in [0.2, 0.25) is 0 Å². The number of aryl methyl sites for hydroxylation is 1. The van der Waals surface area contributed by atoms with Gasteiger partial charge in [-0.2, -0.15) is 0 Å². The van der Waals surface area contributed by atoms with E-state index in [4.69, 9.17) is 9.47 Å². The number of ether oxygens (including phenoxy) is 2. The summed E-state index contributed by atoms with van der Waals surface area (Å²) >= 11 is 0. The van der Waals surface area contributed by atoms with E-state index in [-0.39, 0.29) is 17.4 Å². The normalized spacial score (nSPS) is 32.4. The van der Waals surface area contributed by atoms with Crippen molar-refractivity contribution >= 4 is 0 Å². The SMILES string of the molecule is COc1cc2c(cc1O)CCCN1CCC3=C[C@@H](O)[C@H](OC)C[C@]321. The number of hydrogen-bond donors (Lipinski definition) is 2. The minimum atomic E-state index is -0.554. The summed E-state index contributed by atoms with van der Waals surface area (Å²) in [5.74, 6) is 0.708. The van der Waals surface area contributed by atoms with E-state index >= 15 is 0 Å². The van der Waals surface area contributed by atoms with E-state index in [1.807, 2.05) is 18.2 Å². The van der Waals surface area contributed by atoms with E-state index in [2.05, 4.69) is 4.90 Å². The second kappa shape index (κ2) is 5.76. The molecule has 0 amide bonds. The summed E-state index contributed by atoms with van der Waals surface area (Å²) in [5, 5.41) is 20.6. The van der Waals surface area contributed by atoms with E-state index in [1.165, 1.54) is 16.7 Å². The monoisotopic (exact) mass is 331 g/mol. The van der Waals surface area contributed by atoms with Crippen LogP contribution in [0.4, 0.5) is 0 Å². The number of methoxy groups -OCH3 is 2. The fourth-order valence-electron chi connectivity index (χ4n) is 4.87. The predicted octanol–water partition coefficient (Wildman–Crippen LogP) is 1.95. The molecule has 4 rings (SSSR count). The molecule has 0 aromatic heterocycles. The molecular weight excluding hydrogens is 306 g/mol. The Morgan fingerprint density at radius 2 is 2.04 bits per heavy atom. The Kier molecular flexibility index (Phi) is 3.82. The maximum atomic E-state index is 10.4. The van der Waals surface area contributed by atoms with E-state index < -0.39 is 6.10 Å². The third-order valence-corrected chi connectivity index (χ3v) is 6.00. The Morgan fingerprint density at radius 3 is 2.79 bits per heavy atom. The number of hydrogen-bond acceptors (Lipinski definition) is 5. The summed E-state index contributed by atoms with van der Waals surface area (Å²) in [5.41, 5.74) is 3.41. The van der Waals surface area contributed by atoms with Gasteiger partial charge in [0, 0.05) is 20.1 Å². The van der Waals surface area contributed by atoms with Crippen LogP contribution in [0.15, 0.2) is 23.8 Å². The molecule has 3 aliphatic rings. The highest BCUT2D eigenvalue weighted by molar-refractivity contribution is 5.54. The largest absolute Gasteiger partial charge is 0.504 e. The standard InChI is InChI=1S/C19H25NO4/c1-23-17-10-14-12(8-15(17)21)4-3-6-20-7-5-13-9-16(22)18(24-2)11-19(13,14)20/h8-10,16,18,21-22H,3-7,11H2,1-2H3/t16-,18-,19+/m1/s1. The molecule has 24 heavy (non-hydrogen) atoms. The van der Waals surface area contributed by atoms with Gasteiger partial charge < -0.3 is 19.7 Å². The lowest BCUT2D eigenvalue weighted by Gasteiger charge is -2.45. The zero-order valence-corrected chi connectivity index (χ0v) is 14.3. The lowest BCUT2D eigenvalue weighted by molar-refractivity contribution is -0.0318. The van der Waals surface area contributed by atoms with Crippen molar-refractivity contribution < 1.29 is 19.7 Å². The summed E-state index contributed by atoms with van der Waals surface area (Å²) in [6.45, 7) is 2.01. The van der Waals surface area contributed by atoms with Gasteiger partial charge >= 0.3 is 0 Å². The third-order valence-electron chi connectivity index (χ3n) is 6.00. The molecule has 0 unspecified atom stereocenters. The van der Waals surface area contributed by atoms with Crippen LogP contribution < -0.4 is 4.74 Å². The van der Waals surface area contributed by atoms with E-state index in [0.29, 0.717) is 5.75 Å². The van der Waals surface area contributed by atoms with Gasteiger partial charge in [0.1, 0.15) is 0 Å². The van der Waals surface area contributed by atoms with Crippen molar-refractivity contribution in [2.24, 2.45) is 0 Å². The Hall–Kier alpha value is -1.56. The van der Waals surface area contributed by atoms with Gasteiger partial charge in [-0.1, -0.05) is 6.08 Å². The zero-order valence-electron chi connectivity index (χ0n) is 14.3. The first-order valence-corrected chi connectivity index (χ1v) is 8.67. The number of benzene rings is 1. The van der Waals surface area contributed by atoms with E-state index in [1.54, 1.807) is 14.2 Å². The number of aliphatic hydroxyl groups is 1. The average molecular weight is 331 g/mol. The predicted molar refractivity (Wildman–Crippen MR) is 90.4 cm³/mol. The fourth-order valence-corrected chi connectivity index (χ4v) is 4.87. The summed E-state index contributed by atoms with van der Waals surface area (Å²) in [6.07, 6.45) is 4.92. The molecular formula is C19H25NO4. The molecule has 1 spiro atoms. The first-order valence-electron chi connectivity index (χ1n) is 8.67. The molecule has 5 heteroatoms. The lowest BCUT2D eigenvalue weighted by atomic mass is 9.72. The van der Waals surface area contributed by atoms with Crippen LogP contribution in [0, 0.1) is 0 Å². The number of fused-ring (bicyclic) bond motifs is 1. The maximum absolute atomic E-state index is 10.4. The number of rotatable bonds is 2. The van der Waals surface area contributed by atoms with Gasteiger partial charge in [-0.15, -0.1) is 0 Å². The lowest BCUT2D eigenvalue weighted by Crippen LogP contribution is -2.49. The van der Waals surface area contributed by atoms with Gasteiger partial charge in [0.15, 0.2) is 11.5 Å². The molecule has 2 heterocycles. The van der Waals surface area contributed by atoms with Crippen molar-refractivity contribution in [2.45, 2.75) is 43.4 Å². The second-order valence-electron chi connectivity index (χ2n) is 7.04. The quantitative estimate of drug-likeness (QED) is 0.811. The van der Waals surface area contributed by atoms with Crippen LogP contribution in [-0.4, -0.2) is 54.6 Å². The first-order chi connectivity index (χ1) is 11.6. The van der Waals surface area contributed by atoms with E-state index in [0.717, 1.165) is 38.8 Å². The van der Waals surface area contributed by atoms with Crippen LogP contribution in [0.1, 0.15) is 30.4 Å². The van der Waals surface area contributed by atoms with Crippen molar-refractivity contribution in [2.75, 3.05) is 27.3 Å². The number of phenols is 1. The molecule has 1 aromatic carbocycles. The van der Waals surface area contributed by atoms with Gasteiger partial charge in [-0.3, -0.25) is 4.90 Å². The minimum Gasteiger partial charge on any atom is -0.504 e. The Morgan fingerprint density at radius 1 is 1.21 bits per heavy atom. The second-order valence-corrected chi connectivity index (χ2v) is 7.04. The smallest absolute Gasteiger partial charge is 0.160 e. The highest BCUT2D eigenvalue weighted by atomic mass is 16.5. The summed E-state index contributed by atoms with van der Waals surface area (Å²) in [6, 6.07) is 3.85.